The summed E-state index contributed by atoms with van der Waals surface area (Å²) in [5.41, 5.74) is -0.785. The molecule has 0 unspecified atom stereocenters. The highest BCUT2D eigenvalue weighted by atomic mass is 19.4. The summed E-state index contributed by atoms with van der Waals surface area (Å²) >= 11 is 0. The van der Waals surface area contributed by atoms with Crippen LogP contribution in [-0.2, 0) is 11.0 Å². The van der Waals surface area contributed by atoms with Crippen molar-refractivity contribution >= 4 is 11.9 Å². The van der Waals surface area contributed by atoms with E-state index >= 15 is 0 Å². The van der Waals surface area contributed by atoms with Crippen LogP contribution in [0.3, 0.4) is 0 Å². The largest absolute Gasteiger partial charge is 0.416 e. The molecule has 8 heteroatoms. The Bertz CT molecular complexity index is 728. The molecule has 1 aromatic rings. The van der Waals surface area contributed by atoms with Gasteiger partial charge in [-0.3, -0.25) is 4.79 Å². The van der Waals surface area contributed by atoms with E-state index in [2.05, 4.69) is 5.32 Å². The molecule has 156 valence electrons. The lowest BCUT2D eigenvalue weighted by molar-refractivity contribution is -0.137. The van der Waals surface area contributed by atoms with Gasteiger partial charge in [-0.25, -0.2) is 4.79 Å². The highest BCUT2D eigenvalue weighted by Crippen LogP contribution is 2.37. The lowest BCUT2D eigenvalue weighted by atomic mass is 9.87. The van der Waals surface area contributed by atoms with E-state index < -0.39 is 29.1 Å². The smallest absolute Gasteiger partial charge is 0.346 e. The molecule has 3 amide bonds. The minimum atomic E-state index is -4.46. The average molecular weight is 399 g/mol. The fourth-order valence-electron chi connectivity index (χ4n) is 3.34. The van der Waals surface area contributed by atoms with Crippen LogP contribution in [0, 0.1) is 5.92 Å². The third-order valence-electron chi connectivity index (χ3n) is 4.90. The van der Waals surface area contributed by atoms with Gasteiger partial charge in [0.1, 0.15) is 0 Å². The Labute approximate surface area is 163 Å². The zero-order valence-corrected chi connectivity index (χ0v) is 16.9. The van der Waals surface area contributed by atoms with Crippen LogP contribution in [0.4, 0.5) is 18.0 Å². The molecule has 0 aliphatic carbocycles. The highest BCUT2D eigenvalue weighted by molar-refractivity contribution is 5.83. The normalized spacial score (nSPS) is 20.2. The van der Waals surface area contributed by atoms with E-state index in [0.29, 0.717) is 12.1 Å². The maximum atomic E-state index is 13.1. The maximum Gasteiger partial charge on any atom is 0.416 e. The van der Waals surface area contributed by atoms with E-state index in [1.165, 1.54) is 15.9 Å². The van der Waals surface area contributed by atoms with E-state index in [0.717, 1.165) is 12.1 Å². The van der Waals surface area contributed by atoms with Crippen molar-refractivity contribution in [2.24, 2.45) is 5.92 Å². The Morgan fingerprint density at radius 3 is 2.39 bits per heavy atom. The molecule has 1 saturated heterocycles. The summed E-state index contributed by atoms with van der Waals surface area (Å²) in [5, 5.41) is 2.85. The number of amides is 3. The van der Waals surface area contributed by atoms with Gasteiger partial charge in [-0.15, -0.1) is 0 Å². The Kier molecular flexibility index (Phi) is 6.31. The number of alkyl halides is 3. The quantitative estimate of drug-likeness (QED) is 0.843. The first-order valence-corrected chi connectivity index (χ1v) is 9.32. The average Bonchev–Trinajstić information content (AvgIpc) is 3.04. The standard InChI is InChI=1S/C20H28F3N3O2/c1-6-25(5)17(27)16-12-26(18(28)24-19(2,3)4)11-15(16)13-8-7-9-14(10-13)20(21,22)23/h7-10,15-16H,6,11-12H2,1-5H3,(H,24,28)/t15-,16-/m0/s1. The zero-order valence-electron chi connectivity index (χ0n) is 16.9. The van der Waals surface area contributed by atoms with Crippen LogP contribution >= 0.6 is 0 Å². The third kappa shape index (κ3) is 5.17. The molecule has 1 aliphatic rings. The molecule has 1 heterocycles. The molecular weight excluding hydrogens is 371 g/mol. The maximum absolute atomic E-state index is 13.1. The summed E-state index contributed by atoms with van der Waals surface area (Å²) in [6.07, 6.45) is -4.46. The van der Waals surface area contributed by atoms with Gasteiger partial charge >= 0.3 is 12.2 Å². The van der Waals surface area contributed by atoms with Crippen molar-refractivity contribution in [3.8, 4) is 0 Å². The fourth-order valence-corrected chi connectivity index (χ4v) is 3.34. The Morgan fingerprint density at radius 1 is 1.21 bits per heavy atom. The Morgan fingerprint density at radius 2 is 1.86 bits per heavy atom. The van der Waals surface area contributed by atoms with Crippen LogP contribution < -0.4 is 5.32 Å². The molecule has 0 spiro atoms. The second-order valence-electron chi connectivity index (χ2n) is 8.27. The number of benzene rings is 1. The van der Waals surface area contributed by atoms with Crippen molar-refractivity contribution in [1.29, 1.82) is 0 Å². The van der Waals surface area contributed by atoms with Crippen molar-refractivity contribution in [3.63, 3.8) is 0 Å². The van der Waals surface area contributed by atoms with Crippen molar-refractivity contribution in [2.45, 2.75) is 45.3 Å². The first-order valence-electron chi connectivity index (χ1n) is 9.32. The van der Waals surface area contributed by atoms with Gasteiger partial charge in [0.25, 0.3) is 0 Å². The first kappa shape index (κ1) is 22.0. The molecule has 0 aromatic heterocycles. The van der Waals surface area contributed by atoms with Crippen molar-refractivity contribution in [1.82, 2.24) is 15.1 Å². The molecule has 5 nitrogen and oxygen atoms in total. The lowest BCUT2D eigenvalue weighted by Crippen LogP contribution is -2.48. The monoisotopic (exact) mass is 399 g/mol. The van der Waals surface area contributed by atoms with Gasteiger partial charge in [0.2, 0.25) is 5.91 Å². The number of nitrogens with zero attached hydrogens (tertiary/aromatic N) is 2. The number of carbonyl (C=O) groups excluding carboxylic acids is 2. The molecular formula is C20H28F3N3O2. The van der Waals surface area contributed by atoms with Gasteiger partial charge in [-0.2, -0.15) is 13.2 Å². The highest BCUT2D eigenvalue weighted by Gasteiger charge is 2.42. The van der Waals surface area contributed by atoms with E-state index in [-0.39, 0.29) is 25.0 Å². The predicted molar refractivity (Wildman–Crippen MR) is 101 cm³/mol. The number of hydrogen-bond donors (Lipinski definition) is 1. The van der Waals surface area contributed by atoms with Crippen molar-refractivity contribution in [3.05, 3.63) is 35.4 Å². The zero-order chi connectivity index (χ0) is 21.3. The summed E-state index contributed by atoms with van der Waals surface area (Å²) in [4.78, 5) is 28.5. The van der Waals surface area contributed by atoms with Crippen molar-refractivity contribution < 1.29 is 22.8 Å². The summed E-state index contributed by atoms with van der Waals surface area (Å²) in [7, 11) is 1.66. The first-order chi connectivity index (χ1) is 12.8. The predicted octanol–water partition coefficient (Wildman–Crippen LogP) is 3.71. The molecule has 0 bridgehead atoms. The molecule has 1 N–H and O–H groups in total. The number of hydrogen-bond acceptors (Lipinski definition) is 2. The SMILES string of the molecule is CCN(C)C(=O)[C@H]1CN(C(=O)NC(C)(C)C)C[C@H]1c1cccc(C(F)(F)F)c1. The van der Waals surface area contributed by atoms with Gasteiger partial charge in [-0.1, -0.05) is 18.2 Å². The third-order valence-corrected chi connectivity index (χ3v) is 4.90. The van der Waals surface area contributed by atoms with Crippen LogP contribution in [-0.4, -0.2) is 54.0 Å². The number of urea groups is 1. The second-order valence-corrected chi connectivity index (χ2v) is 8.27. The van der Waals surface area contributed by atoms with Crippen LogP contribution in [0.1, 0.15) is 44.7 Å². The summed E-state index contributed by atoms with van der Waals surface area (Å²) < 4.78 is 39.4. The summed E-state index contributed by atoms with van der Waals surface area (Å²) in [6.45, 7) is 8.22. The van der Waals surface area contributed by atoms with Gasteiger partial charge in [0, 0.05) is 38.1 Å². The summed E-state index contributed by atoms with van der Waals surface area (Å²) in [5.74, 6) is -1.25. The van der Waals surface area contributed by atoms with E-state index in [9.17, 15) is 22.8 Å². The van der Waals surface area contributed by atoms with Crippen LogP contribution in [0.15, 0.2) is 24.3 Å². The second kappa shape index (κ2) is 8.01. The van der Waals surface area contributed by atoms with Gasteiger partial charge in [-0.05, 0) is 39.3 Å². The number of carbonyl (C=O) groups is 2. The molecule has 28 heavy (non-hydrogen) atoms. The number of halogens is 3. The summed E-state index contributed by atoms with van der Waals surface area (Å²) in [6, 6.07) is 4.72. The number of nitrogens with one attached hydrogen (secondary N) is 1. The Balaban J connectivity index is 2.35. The van der Waals surface area contributed by atoms with Crippen molar-refractivity contribution in [2.75, 3.05) is 26.7 Å². The van der Waals surface area contributed by atoms with Crippen LogP contribution in [0.25, 0.3) is 0 Å². The van der Waals surface area contributed by atoms with E-state index in [4.69, 9.17) is 0 Å². The fraction of sp³-hybridized carbons (Fsp3) is 0.600. The van der Waals surface area contributed by atoms with Crippen LogP contribution in [0.5, 0.6) is 0 Å². The molecule has 1 aromatic carbocycles. The van der Waals surface area contributed by atoms with Crippen LogP contribution in [0.2, 0.25) is 0 Å². The molecule has 1 aliphatic heterocycles. The van der Waals surface area contributed by atoms with Gasteiger partial charge in [0.15, 0.2) is 0 Å². The molecule has 2 atom stereocenters. The lowest BCUT2D eigenvalue weighted by Gasteiger charge is -2.25. The minimum absolute atomic E-state index is 0.170. The minimum Gasteiger partial charge on any atom is -0.346 e. The number of likely N-dealkylation sites (tertiary alicyclic amines) is 1. The van der Waals surface area contributed by atoms with E-state index in [1.807, 2.05) is 27.7 Å². The number of rotatable bonds is 3. The molecule has 1 fully saturated rings. The van der Waals surface area contributed by atoms with Gasteiger partial charge < -0.3 is 15.1 Å². The Hall–Kier alpha value is -2.25. The molecule has 0 radical (unpaired) electrons. The topological polar surface area (TPSA) is 52.7 Å². The van der Waals surface area contributed by atoms with E-state index in [1.54, 1.807) is 13.1 Å². The molecule has 2 rings (SSSR count). The van der Waals surface area contributed by atoms with Gasteiger partial charge in [0.05, 0.1) is 11.5 Å². The molecule has 0 saturated carbocycles.